The topological polar surface area (TPSA) is 49.7 Å². The van der Waals surface area contributed by atoms with Crippen LogP contribution in [0.2, 0.25) is 0 Å². The molecule has 0 N–H and O–H groups in total. The summed E-state index contributed by atoms with van der Waals surface area (Å²) in [5.74, 6) is 0.672. The zero-order valence-corrected chi connectivity index (χ0v) is 10.8. The third-order valence-corrected chi connectivity index (χ3v) is 4.65. The van der Waals surface area contributed by atoms with Gasteiger partial charge in [0.15, 0.2) is 0 Å². The first-order valence-electron chi connectivity index (χ1n) is 4.99. The molecule has 16 heavy (non-hydrogen) atoms. The van der Waals surface area contributed by atoms with Crippen LogP contribution in [-0.4, -0.2) is 20.8 Å². The van der Waals surface area contributed by atoms with E-state index in [1.807, 2.05) is 11.0 Å². The Kier molecular flexibility index (Phi) is 2.12. The number of hydrogen-bond donors (Lipinski definition) is 0. The second kappa shape index (κ2) is 3.30. The number of nitrogens with zero attached hydrogens (tertiary/aromatic N) is 2. The predicted octanol–water partition coefficient (Wildman–Crippen LogP) is 2.15. The fourth-order valence-electron chi connectivity index (χ4n) is 2.12. The standard InChI is InChI=1S/C10H9BrN2O2S/c11-7-3-4-9-8(6-7)13-5-1-2-10(13)12-16(9,14)15/h3-4,6H,1-2,5H2. The SMILES string of the molecule is O=S1(=O)N=C2CCCN2c2cc(Br)ccc21. The molecule has 84 valence electrons. The summed E-state index contributed by atoms with van der Waals surface area (Å²) in [5, 5.41) is 0. The second-order valence-corrected chi connectivity index (χ2v) is 6.34. The molecule has 1 aromatic rings. The Labute approximate surface area is 102 Å². The van der Waals surface area contributed by atoms with Gasteiger partial charge in [0.1, 0.15) is 10.7 Å². The maximum Gasteiger partial charge on any atom is 0.286 e. The summed E-state index contributed by atoms with van der Waals surface area (Å²) < 4.78 is 28.5. The smallest absolute Gasteiger partial charge is 0.286 e. The maximum atomic E-state index is 11.9. The van der Waals surface area contributed by atoms with Gasteiger partial charge in [0.2, 0.25) is 0 Å². The Bertz CT molecular complexity index is 595. The number of amidine groups is 1. The Morgan fingerprint density at radius 1 is 1.38 bits per heavy atom. The van der Waals surface area contributed by atoms with E-state index in [4.69, 9.17) is 0 Å². The van der Waals surface area contributed by atoms with Crippen molar-refractivity contribution >= 4 is 37.5 Å². The van der Waals surface area contributed by atoms with Gasteiger partial charge < -0.3 is 4.90 Å². The molecule has 0 aromatic heterocycles. The van der Waals surface area contributed by atoms with Crippen LogP contribution in [0.1, 0.15) is 12.8 Å². The molecule has 3 rings (SSSR count). The first-order chi connectivity index (χ1) is 7.58. The molecule has 1 saturated heterocycles. The van der Waals surface area contributed by atoms with Crippen molar-refractivity contribution in [3.63, 3.8) is 0 Å². The number of fused-ring (bicyclic) bond motifs is 3. The minimum atomic E-state index is -3.49. The zero-order valence-electron chi connectivity index (χ0n) is 8.35. The third kappa shape index (κ3) is 1.40. The van der Waals surface area contributed by atoms with Crippen molar-refractivity contribution in [3.05, 3.63) is 22.7 Å². The molecule has 0 bridgehead atoms. The van der Waals surface area contributed by atoms with E-state index in [2.05, 4.69) is 20.3 Å². The van der Waals surface area contributed by atoms with Gasteiger partial charge in [-0.3, -0.25) is 0 Å². The van der Waals surface area contributed by atoms with E-state index in [0.717, 1.165) is 29.5 Å². The van der Waals surface area contributed by atoms with Gasteiger partial charge in [-0.1, -0.05) is 15.9 Å². The van der Waals surface area contributed by atoms with Crippen LogP contribution in [0, 0.1) is 0 Å². The van der Waals surface area contributed by atoms with Crippen molar-refractivity contribution in [1.29, 1.82) is 0 Å². The largest absolute Gasteiger partial charge is 0.328 e. The summed E-state index contributed by atoms with van der Waals surface area (Å²) in [7, 11) is -3.49. The third-order valence-electron chi connectivity index (χ3n) is 2.81. The number of sulfonamides is 1. The van der Waals surface area contributed by atoms with Gasteiger partial charge in [0.25, 0.3) is 10.0 Å². The minimum absolute atomic E-state index is 0.307. The highest BCUT2D eigenvalue weighted by Gasteiger charge is 2.33. The van der Waals surface area contributed by atoms with Crippen LogP contribution in [0.25, 0.3) is 0 Å². The highest BCUT2D eigenvalue weighted by atomic mass is 79.9. The summed E-state index contributed by atoms with van der Waals surface area (Å²) in [5.41, 5.74) is 0.747. The molecule has 2 aliphatic rings. The molecule has 0 unspecified atom stereocenters. The highest BCUT2D eigenvalue weighted by Crippen LogP contribution is 2.36. The number of rotatable bonds is 0. The van der Waals surface area contributed by atoms with E-state index in [9.17, 15) is 8.42 Å². The highest BCUT2D eigenvalue weighted by molar-refractivity contribution is 9.10. The molecule has 1 fully saturated rings. The molecule has 1 aromatic carbocycles. The van der Waals surface area contributed by atoms with Crippen LogP contribution in [0.4, 0.5) is 5.69 Å². The summed E-state index contributed by atoms with van der Waals surface area (Å²) in [6.45, 7) is 0.845. The van der Waals surface area contributed by atoms with Gasteiger partial charge in [-0.15, -0.1) is 4.40 Å². The monoisotopic (exact) mass is 300 g/mol. The molecule has 0 saturated carbocycles. The summed E-state index contributed by atoms with van der Waals surface area (Å²) in [6.07, 6.45) is 1.70. The zero-order chi connectivity index (χ0) is 11.3. The lowest BCUT2D eigenvalue weighted by molar-refractivity contribution is 0.597. The quantitative estimate of drug-likeness (QED) is 0.738. The molecule has 4 nitrogen and oxygen atoms in total. The van der Waals surface area contributed by atoms with E-state index < -0.39 is 10.0 Å². The van der Waals surface area contributed by atoms with Crippen LogP contribution in [-0.2, 0) is 10.0 Å². The van der Waals surface area contributed by atoms with Crippen molar-refractivity contribution in [3.8, 4) is 0 Å². The molecule has 6 heteroatoms. The molecule has 0 aliphatic carbocycles. The number of anilines is 1. The molecule has 2 aliphatic heterocycles. The van der Waals surface area contributed by atoms with Crippen LogP contribution in [0.15, 0.2) is 32.0 Å². The van der Waals surface area contributed by atoms with Gasteiger partial charge in [-0.05, 0) is 24.6 Å². The van der Waals surface area contributed by atoms with Crippen molar-refractivity contribution < 1.29 is 8.42 Å². The second-order valence-electron chi connectivity index (χ2n) is 3.85. The van der Waals surface area contributed by atoms with E-state index in [1.165, 1.54) is 0 Å². The summed E-state index contributed by atoms with van der Waals surface area (Å²) in [6, 6.07) is 5.17. The molecule has 0 amide bonds. The van der Waals surface area contributed by atoms with Crippen LogP contribution in [0.3, 0.4) is 0 Å². The lowest BCUT2D eigenvalue weighted by Gasteiger charge is -2.25. The number of halogens is 1. The van der Waals surface area contributed by atoms with Gasteiger partial charge in [0, 0.05) is 17.4 Å². The summed E-state index contributed by atoms with van der Waals surface area (Å²) >= 11 is 3.36. The van der Waals surface area contributed by atoms with Crippen LogP contribution < -0.4 is 4.90 Å². The van der Waals surface area contributed by atoms with Gasteiger partial charge in [-0.25, -0.2) is 0 Å². The number of benzene rings is 1. The van der Waals surface area contributed by atoms with Crippen molar-refractivity contribution in [1.82, 2.24) is 0 Å². The molecule has 0 atom stereocenters. The van der Waals surface area contributed by atoms with E-state index >= 15 is 0 Å². The Morgan fingerprint density at radius 3 is 3.00 bits per heavy atom. The van der Waals surface area contributed by atoms with Gasteiger partial charge >= 0.3 is 0 Å². The lowest BCUT2D eigenvalue weighted by Crippen LogP contribution is -2.30. The van der Waals surface area contributed by atoms with Crippen LogP contribution in [0.5, 0.6) is 0 Å². The van der Waals surface area contributed by atoms with E-state index in [0.29, 0.717) is 10.7 Å². The fourth-order valence-corrected chi connectivity index (χ4v) is 3.71. The minimum Gasteiger partial charge on any atom is -0.328 e. The molecular formula is C10H9BrN2O2S. The Balaban J connectivity index is 2.31. The lowest BCUT2D eigenvalue weighted by atomic mass is 10.3. The maximum absolute atomic E-state index is 11.9. The van der Waals surface area contributed by atoms with Crippen molar-refractivity contribution in [2.24, 2.45) is 4.40 Å². The average molecular weight is 301 g/mol. The molecular weight excluding hydrogens is 292 g/mol. The molecule has 2 heterocycles. The first-order valence-corrected chi connectivity index (χ1v) is 7.22. The Hall–Kier alpha value is -0.880. The van der Waals surface area contributed by atoms with E-state index in [1.54, 1.807) is 12.1 Å². The predicted molar refractivity (Wildman–Crippen MR) is 65.3 cm³/mol. The number of hydrogen-bond acceptors (Lipinski definition) is 3. The first kappa shape index (κ1) is 10.3. The molecule has 0 spiro atoms. The van der Waals surface area contributed by atoms with Crippen molar-refractivity contribution in [2.45, 2.75) is 17.7 Å². The van der Waals surface area contributed by atoms with Gasteiger partial charge in [-0.2, -0.15) is 8.42 Å². The van der Waals surface area contributed by atoms with E-state index in [-0.39, 0.29) is 0 Å². The van der Waals surface area contributed by atoms with Crippen LogP contribution >= 0.6 is 15.9 Å². The Morgan fingerprint density at radius 2 is 2.19 bits per heavy atom. The van der Waals surface area contributed by atoms with Crippen molar-refractivity contribution in [2.75, 3.05) is 11.4 Å². The summed E-state index contributed by atoms with van der Waals surface area (Å²) in [4.78, 5) is 2.29. The fraction of sp³-hybridized carbons (Fsp3) is 0.300. The van der Waals surface area contributed by atoms with Gasteiger partial charge in [0.05, 0.1) is 5.69 Å². The molecule has 0 radical (unpaired) electrons. The normalized spacial score (nSPS) is 21.3. The average Bonchev–Trinajstić information content (AvgIpc) is 2.64.